The molecule has 112 valence electrons. The van der Waals surface area contributed by atoms with Gasteiger partial charge in [-0.3, -0.25) is 4.79 Å². The molecule has 0 bridgehead atoms. The van der Waals surface area contributed by atoms with Gasteiger partial charge in [0.05, 0.1) is 7.11 Å². The van der Waals surface area contributed by atoms with Gasteiger partial charge in [-0.05, 0) is 24.8 Å². The number of esters is 1. The normalized spacial score (nSPS) is 10.4. The van der Waals surface area contributed by atoms with Crippen molar-refractivity contribution in [2.24, 2.45) is 0 Å². The van der Waals surface area contributed by atoms with Gasteiger partial charge in [0, 0.05) is 6.42 Å². The Morgan fingerprint density at radius 1 is 0.850 bits per heavy atom. The molecule has 2 nitrogen and oxygen atoms in total. The summed E-state index contributed by atoms with van der Waals surface area (Å²) in [5.74, 6) is -0.0779. The van der Waals surface area contributed by atoms with Crippen molar-refractivity contribution in [2.45, 2.75) is 64.2 Å². The second-order valence-corrected chi connectivity index (χ2v) is 5.39. The number of unbranched alkanes of at least 4 members (excludes halogenated alkanes) is 7. The molecule has 0 aromatic heterocycles. The van der Waals surface area contributed by atoms with Crippen molar-refractivity contribution < 1.29 is 9.53 Å². The van der Waals surface area contributed by atoms with Gasteiger partial charge in [-0.25, -0.2) is 0 Å². The van der Waals surface area contributed by atoms with E-state index < -0.39 is 0 Å². The fraction of sp³-hybridized carbons (Fsp3) is 0.611. The van der Waals surface area contributed by atoms with Gasteiger partial charge in [0.2, 0.25) is 0 Å². The first-order valence-corrected chi connectivity index (χ1v) is 7.93. The van der Waals surface area contributed by atoms with E-state index in [4.69, 9.17) is 0 Å². The maximum Gasteiger partial charge on any atom is 0.305 e. The average Bonchev–Trinajstić information content (AvgIpc) is 2.50. The second-order valence-electron chi connectivity index (χ2n) is 5.39. The van der Waals surface area contributed by atoms with E-state index in [1.165, 1.54) is 57.6 Å². The van der Waals surface area contributed by atoms with Crippen molar-refractivity contribution in [1.29, 1.82) is 0 Å². The zero-order valence-corrected chi connectivity index (χ0v) is 12.8. The van der Waals surface area contributed by atoms with Crippen LogP contribution in [0.2, 0.25) is 0 Å². The van der Waals surface area contributed by atoms with Gasteiger partial charge in [0.15, 0.2) is 0 Å². The van der Waals surface area contributed by atoms with E-state index in [0.29, 0.717) is 6.42 Å². The van der Waals surface area contributed by atoms with Crippen molar-refractivity contribution >= 4 is 5.97 Å². The largest absolute Gasteiger partial charge is 0.469 e. The molecule has 0 N–H and O–H groups in total. The standard InChI is InChI=1S/C18H28O2/c1-20-18(19)16-12-7-5-3-2-4-6-9-13-17-14-10-8-11-15-17/h8,10-11,14-15H,2-7,9,12-13,16H2,1H3. The molecule has 0 saturated carbocycles. The average molecular weight is 276 g/mol. The van der Waals surface area contributed by atoms with Crippen LogP contribution in [0, 0.1) is 0 Å². The number of hydrogen-bond donors (Lipinski definition) is 0. The summed E-state index contributed by atoms with van der Waals surface area (Å²) >= 11 is 0. The van der Waals surface area contributed by atoms with Crippen LogP contribution in [0.15, 0.2) is 30.3 Å². The minimum atomic E-state index is -0.0779. The summed E-state index contributed by atoms with van der Waals surface area (Å²) in [6.45, 7) is 0. The summed E-state index contributed by atoms with van der Waals surface area (Å²) in [6.07, 6.45) is 11.7. The van der Waals surface area contributed by atoms with Crippen LogP contribution >= 0.6 is 0 Å². The topological polar surface area (TPSA) is 26.3 Å². The Hall–Kier alpha value is -1.31. The van der Waals surface area contributed by atoms with E-state index >= 15 is 0 Å². The number of rotatable bonds is 11. The molecule has 1 aromatic rings. The van der Waals surface area contributed by atoms with E-state index in [1.54, 1.807) is 0 Å². The summed E-state index contributed by atoms with van der Waals surface area (Å²) in [7, 11) is 1.46. The molecule has 0 radical (unpaired) electrons. The van der Waals surface area contributed by atoms with Crippen molar-refractivity contribution in [2.75, 3.05) is 7.11 Å². The molecule has 0 atom stereocenters. The highest BCUT2D eigenvalue weighted by molar-refractivity contribution is 5.68. The number of methoxy groups -OCH3 is 1. The van der Waals surface area contributed by atoms with Gasteiger partial charge in [0.25, 0.3) is 0 Å². The molecule has 20 heavy (non-hydrogen) atoms. The molecule has 0 aliphatic heterocycles. The van der Waals surface area contributed by atoms with Crippen molar-refractivity contribution in [3.8, 4) is 0 Å². The van der Waals surface area contributed by atoms with Crippen molar-refractivity contribution in [1.82, 2.24) is 0 Å². The van der Waals surface area contributed by atoms with E-state index in [-0.39, 0.29) is 5.97 Å². The third kappa shape index (κ3) is 8.73. The summed E-state index contributed by atoms with van der Waals surface area (Å²) in [6, 6.07) is 10.7. The SMILES string of the molecule is COC(=O)CCCCCCCCCCc1ccccc1. The maximum atomic E-state index is 10.9. The molecular formula is C18H28O2. The Morgan fingerprint density at radius 3 is 2.00 bits per heavy atom. The van der Waals surface area contributed by atoms with Gasteiger partial charge < -0.3 is 4.74 Å². The molecule has 0 aliphatic rings. The molecule has 0 amide bonds. The van der Waals surface area contributed by atoms with Gasteiger partial charge in [-0.1, -0.05) is 68.9 Å². The molecule has 1 aromatic carbocycles. The zero-order chi connectivity index (χ0) is 14.5. The fourth-order valence-corrected chi connectivity index (χ4v) is 2.41. The van der Waals surface area contributed by atoms with Crippen LogP contribution in [0.25, 0.3) is 0 Å². The minimum absolute atomic E-state index is 0.0779. The van der Waals surface area contributed by atoms with Crippen molar-refractivity contribution in [3.05, 3.63) is 35.9 Å². The van der Waals surface area contributed by atoms with Crippen LogP contribution in [-0.2, 0) is 16.0 Å². The van der Waals surface area contributed by atoms with Crippen LogP contribution in [-0.4, -0.2) is 13.1 Å². The van der Waals surface area contributed by atoms with E-state index in [9.17, 15) is 4.79 Å². The molecule has 1 rings (SSSR count). The first kappa shape index (κ1) is 16.7. The first-order valence-electron chi connectivity index (χ1n) is 7.93. The lowest BCUT2D eigenvalue weighted by Crippen LogP contribution is -1.99. The Balaban J connectivity index is 1.82. The predicted octanol–water partition coefficient (Wildman–Crippen LogP) is 4.91. The molecule has 0 spiro atoms. The summed E-state index contributed by atoms with van der Waals surface area (Å²) in [4.78, 5) is 10.9. The van der Waals surface area contributed by atoms with Crippen LogP contribution in [0.3, 0.4) is 0 Å². The molecule has 0 saturated heterocycles. The first-order chi connectivity index (χ1) is 9.83. The molecule has 0 unspecified atom stereocenters. The van der Waals surface area contributed by atoms with E-state index in [1.807, 2.05) is 0 Å². The molecule has 0 aliphatic carbocycles. The van der Waals surface area contributed by atoms with Gasteiger partial charge in [-0.15, -0.1) is 0 Å². The van der Waals surface area contributed by atoms with Gasteiger partial charge in [-0.2, -0.15) is 0 Å². The Kier molecular flexibility index (Phi) is 9.64. The third-order valence-corrected chi connectivity index (χ3v) is 3.67. The predicted molar refractivity (Wildman–Crippen MR) is 83.7 cm³/mol. The zero-order valence-electron chi connectivity index (χ0n) is 12.8. The van der Waals surface area contributed by atoms with Crippen LogP contribution in [0.4, 0.5) is 0 Å². The number of carbonyl (C=O) groups is 1. The molecule has 2 heteroatoms. The van der Waals surface area contributed by atoms with E-state index in [2.05, 4.69) is 35.1 Å². The smallest absolute Gasteiger partial charge is 0.305 e. The Labute approximate surface area is 123 Å². The van der Waals surface area contributed by atoms with Crippen molar-refractivity contribution in [3.63, 3.8) is 0 Å². The minimum Gasteiger partial charge on any atom is -0.469 e. The van der Waals surface area contributed by atoms with Gasteiger partial charge in [0.1, 0.15) is 0 Å². The lowest BCUT2D eigenvalue weighted by Gasteiger charge is -2.03. The van der Waals surface area contributed by atoms with Crippen LogP contribution < -0.4 is 0 Å². The summed E-state index contributed by atoms with van der Waals surface area (Å²) in [5, 5.41) is 0. The number of hydrogen-bond acceptors (Lipinski definition) is 2. The second kappa shape index (κ2) is 11.5. The summed E-state index contributed by atoms with van der Waals surface area (Å²) < 4.78 is 4.62. The number of ether oxygens (including phenoxy) is 1. The lowest BCUT2D eigenvalue weighted by atomic mass is 10.0. The van der Waals surface area contributed by atoms with E-state index in [0.717, 1.165) is 12.8 Å². The number of benzene rings is 1. The molecule has 0 fully saturated rings. The third-order valence-electron chi connectivity index (χ3n) is 3.67. The molecule has 0 heterocycles. The Morgan fingerprint density at radius 2 is 1.40 bits per heavy atom. The highest BCUT2D eigenvalue weighted by Gasteiger charge is 1.99. The van der Waals surface area contributed by atoms with Gasteiger partial charge >= 0.3 is 5.97 Å². The monoisotopic (exact) mass is 276 g/mol. The number of carbonyl (C=O) groups excluding carboxylic acids is 1. The lowest BCUT2D eigenvalue weighted by molar-refractivity contribution is -0.140. The number of aryl methyl sites for hydroxylation is 1. The quantitative estimate of drug-likeness (QED) is 0.424. The summed E-state index contributed by atoms with van der Waals surface area (Å²) in [5.41, 5.74) is 1.45. The van der Waals surface area contributed by atoms with Crippen LogP contribution in [0.1, 0.15) is 63.4 Å². The van der Waals surface area contributed by atoms with Crippen LogP contribution in [0.5, 0.6) is 0 Å². The highest BCUT2D eigenvalue weighted by Crippen LogP contribution is 2.12. The maximum absolute atomic E-state index is 10.9. The Bertz CT molecular complexity index is 346. The fourth-order valence-electron chi connectivity index (χ4n) is 2.41. The molecular weight excluding hydrogens is 248 g/mol. The highest BCUT2D eigenvalue weighted by atomic mass is 16.5.